The van der Waals surface area contributed by atoms with E-state index in [9.17, 15) is 9.59 Å². The van der Waals surface area contributed by atoms with Crippen LogP contribution in [0.5, 0.6) is 0 Å². The number of amides is 3. The quantitative estimate of drug-likeness (QED) is 0.615. The van der Waals surface area contributed by atoms with Crippen molar-refractivity contribution < 1.29 is 9.59 Å². The van der Waals surface area contributed by atoms with Gasteiger partial charge in [-0.1, -0.05) is 43.1 Å². The maximum absolute atomic E-state index is 12.6. The van der Waals surface area contributed by atoms with Crippen LogP contribution < -0.4 is 21.3 Å². The van der Waals surface area contributed by atoms with Crippen LogP contribution in [0.25, 0.3) is 0 Å². The van der Waals surface area contributed by atoms with E-state index >= 15 is 0 Å². The number of carbonyl (C=O) groups excluding carboxylic acids is 2. The van der Waals surface area contributed by atoms with Crippen LogP contribution in [0.4, 0.5) is 21.9 Å². The fraction of sp³-hybridized carbons (Fsp3) is 0.391. The monoisotopic (exact) mass is 476 g/mol. The summed E-state index contributed by atoms with van der Waals surface area (Å²) in [5, 5.41) is 6.40. The molecule has 3 amide bonds. The molecule has 2 aromatic carbocycles. The minimum absolute atomic E-state index is 0.232. The average Bonchev–Trinajstić information content (AvgIpc) is 2.76. The number of hydrogen-bond donors (Lipinski definition) is 2. The second-order valence-corrected chi connectivity index (χ2v) is 9.03. The maximum atomic E-state index is 12.6. The molecule has 1 radical (unpaired) electrons. The predicted octanol–water partition coefficient (Wildman–Crippen LogP) is 4.98. The summed E-state index contributed by atoms with van der Waals surface area (Å²) in [6.07, 6.45) is 0.532. The molecular weight excluding hydrogens is 449 g/mol. The van der Waals surface area contributed by atoms with Gasteiger partial charge in [0.2, 0.25) is 5.91 Å². The van der Waals surface area contributed by atoms with Crippen molar-refractivity contribution in [3.63, 3.8) is 0 Å². The van der Waals surface area contributed by atoms with Crippen LogP contribution in [-0.4, -0.2) is 49.1 Å². The number of urea groups is 1. The minimum Gasteiger partial charge on any atom is -0.368 e. The Hall–Kier alpha value is -2.48. The van der Waals surface area contributed by atoms with Crippen molar-refractivity contribution in [2.75, 3.05) is 41.7 Å². The van der Waals surface area contributed by atoms with Crippen LogP contribution in [0.3, 0.4) is 0 Å². The van der Waals surface area contributed by atoms with Gasteiger partial charge in [0, 0.05) is 37.6 Å². The topological polar surface area (TPSA) is 88.5 Å². The van der Waals surface area contributed by atoms with Crippen LogP contribution in [-0.2, 0) is 4.79 Å². The Kier molecular flexibility index (Phi) is 8.23. The molecule has 2 aromatic rings. The summed E-state index contributed by atoms with van der Waals surface area (Å²) in [6, 6.07) is 11.7. The summed E-state index contributed by atoms with van der Waals surface area (Å²) >= 11 is 12.3. The Morgan fingerprint density at radius 1 is 0.969 bits per heavy atom. The normalized spacial score (nSPS) is 14.9. The lowest BCUT2D eigenvalue weighted by Crippen LogP contribution is -2.50. The van der Waals surface area contributed by atoms with Gasteiger partial charge in [-0.15, -0.1) is 0 Å². The molecule has 0 spiro atoms. The smallest absolute Gasteiger partial charge is 0.322 e. The second-order valence-electron chi connectivity index (χ2n) is 8.22. The Morgan fingerprint density at radius 2 is 1.56 bits per heavy atom. The Labute approximate surface area is 198 Å². The molecule has 0 bridgehead atoms. The first kappa shape index (κ1) is 24.2. The first-order chi connectivity index (χ1) is 15.2. The van der Waals surface area contributed by atoms with Crippen molar-refractivity contribution >= 4 is 52.2 Å². The fourth-order valence-electron chi connectivity index (χ4n) is 3.53. The lowest BCUT2D eigenvalue weighted by atomic mass is 10.0. The first-order valence-corrected chi connectivity index (χ1v) is 11.4. The Balaban J connectivity index is 1.51. The van der Waals surface area contributed by atoms with Gasteiger partial charge >= 0.3 is 6.03 Å². The van der Waals surface area contributed by atoms with E-state index in [0.29, 0.717) is 59.9 Å². The van der Waals surface area contributed by atoms with E-state index in [0.717, 1.165) is 5.69 Å². The third-order valence-corrected chi connectivity index (χ3v) is 5.92. The molecule has 1 heterocycles. The third kappa shape index (κ3) is 6.28. The van der Waals surface area contributed by atoms with Gasteiger partial charge in [-0.3, -0.25) is 4.79 Å². The summed E-state index contributed by atoms with van der Waals surface area (Å²) in [5.41, 5.74) is 10.0. The number of benzene rings is 2. The van der Waals surface area contributed by atoms with Gasteiger partial charge in [-0.25, -0.2) is 10.5 Å². The first-order valence-electron chi connectivity index (χ1n) is 10.6. The van der Waals surface area contributed by atoms with Gasteiger partial charge in [0.05, 0.1) is 15.7 Å². The largest absolute Gasteiger partial charge is 0.368 e. The summed E-state index contributed by atoms with van der Waals surface area (Å²) in [4.78, 5) is 28.7. The highest BCUT2D eigenvalue weighted by molar-refractivity contribution is 6.39. The van der Waals surface area contributed by atoms with Gasteiger partial charge < -0.3 is 20.4 Å². The minimum atomic E-state index is -0.769. The highest BCUT2D eigenvalue weighted by Gasteiger charge is 2.23. The van der Waals surface area contributed by atoms with Crippen LogP contribution in [0.1, 0.15) is 20.3 Å². The zero-order valence-corrected chi connectivity index (χ0v) is 19.7. The number of nitrogens with zero attached hydrogens (tertiary/aromatic N) is 2. The van der Waals surface area contributed by atoms with Crippen LogP contribution in [0.2, 0.25) is 10.0 Å². The van der Waals surface area contributed by atoms with Gasteiger partial charge in [-0.2, -0.15) is 0 Å². The molecule has 1 unspecified atom stereocenters. The highest BCUT2D eigenvalue weighted by Crippen LogP contribution is 2.30. The number of anilines is 3. The molecule has 32 heavy (non-hydrogen) atoms. The standard InChI is InChI=1S/C23H28Cl2N5O2/c1-15(2)14-20(26)22(31)27-16-6-8-17(9-7-16)29-10-12-30(13-11-29)23(32)28-21-18(24)4-3-5-19(21)25/h3-9,15,20,26H,10-14H2,1-2H3,(H,27,31)(H,28,32). The lowest BCUT2D eigenvalue weighted by Gasteiger charge is -2.36. The van der Waals surface area contributed by atoms with Crippen LogP contribution in [0.15, 0.2) is 42.5 Å². The molecule has 3 rings (SSSR count). The molecule has 1 fully saturated rings. The number of para-hydroxylation sites is 1. The number of hydrogen-bond acceptors (Lipinski definition) is 3. The van der Waals surface area contributed by atoms with E-state index in [1.807, 2.05) is 38.1 Å². The number of carbonyl (C=O) groups is 2. The zero-order valence-electron chi connectivity index (χ0n) is 18.2. The summed E-state index contributed by atoms with van der Waals surface area (Å²) in [5.74, 6) is 0.0118. The fourth-order valence-corrected chi connectivity index (χ4v) is 4.03. The molecule has 1 aliphatic rings. The van der Waals surface area contributed by atoms with Gasteiger partial charge in [0.15, 0.2) is 0 Å². The van der Waals surface area contributed by atoms with Crippen molar-refractivity contribution in [1.82, 2.24) is 10.6 Å². The van der Waals surface area contributed by atoms with Crippen molar-refractivity contribution in [1.29, 1.82) is 0 Å². The zero-order chi connectivity index (χ0) is 23.3. The SMILES string of the molecule is CC(C)CC([NH])C(=O)Nc1ccc(N2CCN(C(=O)Nc3c(Cl)cccc3Cl)CC2)cc1. The Bertz CT molecular complexity index is 924. The molecule has 7 nitrogen and oxygen atoms in total. The summed E-state index contributed by atoms with van der Waals surface area (Å²) in [6.45, 7) is 6.47. The molecule has 171 valence electrons. The van der Waals surface area contributed by atoms with Gasteiger partial charge in [0.1, 0.15) is 6.04 Å². The average molecular weight is 477 g/mol. The van der Waals surface area contributed by atoms with Crippen LogP contribution >= 0.6 is 23.2 Å². The summed E-state index contributed by atoms with van der Waals surface area (Å²) in [7, 11) is 0. The number of rotatable bonds is 6. The highest BCUT2D eigenvalue weighted by atomic mass is 35.5. The number of halogens is 2. The number of piperazine rings is 1. The molecule has 1 saturated heterocycles. The van der Waals surface area contributed by atoms with Gasteiger partial charge in [-0.05, 0) is 48.7 Å². The third-order valence-electron chi connectivity index (χ3n) is 5.29. The van der Waals surface area contributed by atoms with Crippen molar-refractivity contribution in [3.05, 3.63) is 52.5 Å². The molecule has 1 aliphatic heterocycles. The van der Waals surface area contributed by atoms with Crippen molar-refractivity contribution in [2.45, 2.75) is 26.3 Å². The van der Waals surface area contributed by atoms with E-state index in [1.54, 1.807) is 23.1 Å². The van der Waals surface area contributed by atoms with E-state index in [1.165, 1.54) is 0 Å². The molecule has 1 atom stereocenters. The molecule has 3 N–H and O–H groups in total. The predicted molar refractivity (Wildman–Crippen MR) is 131 cm³/mol. The van der Waals surface area contributed by atoms with Crippen molar-refractivity contribution in [3.8, 4) is 0 Å². The van der Waals surface area contributed by atoms with Gasteiger partial charge in [0.25, 0.3) is 0 Å². The maximum Gasteiger partial charge on any atom is 0.322 e. The van der Waals surface area contributed by atoms with E-state index in [2.05, 4.69) is 15.5 Å². The molecule has 0 aliphatic carbocycles. The van der Waals surface area contributed by atoms with Crippen molar-refractivity contribution in [2.24, 2.45) is 5.92 Å². The Morgan fingerprint density at radius 3 is 2.12 bits per heavy atom. The molecule has 0 saturated carbocycles. The van der Waals surface area contributed by atoms with E-state index in [4.69, 9.17) is 28.9 Å². The molecule has 0 aromatic heterocycles. The summed E-state index contributed by atoms with van der Waals surface area (Å²) < 4.78 is 0. The molecule has 9 heteroatoms. The molecular formula is C23H28Cl2N5O2. The van der Waals surface area contributed by atoms with E-state index in [-0.39, 0.29) is 11.9 Å². The van der Waals surface area contributed by atoms with E-state index < -0.39 is 6.04 Å². The second kappa shape index (κ2) is 10.9. The lowest BCUT2D eigenvalue weighted by molar-refractivity contribution is -0.117. The van der Waals surface area contributed by atoms with Crippen LogP contribution in [0, 0.1) is 5.92 Å². The number of nitrogens with one attached hydrogen (secondary N) is 3.